The molecule has 4 heteroatoms. The van der Waals surface area contributed by atoms with Crippen molar-refractivity contribution < 1.29 is 14.2 Å². The molecule has 1 rings (SSSR count). The Hall–Kier alpha value is -1.16. The second-order valence-electron chi connectivity index (χ2n) is 2.47. The van der Waals surface area contributed by atoms with Crippen LogP contribution in [0.1, 0.15) is 5.56 Å². The van der Waals surface area contributed by atoms with E-state index in [9.17, 15) is 4.53 Å². The van der Waals surface area contributed by atoms with Gasteiger partial charge in [0.15, 0.2) is 0 Å². The first-order valence-corrected chi connectivity index (χ1v) is 4.11. The monoisotopic (exact) mass is 200 g/mol. The van der Waals surface area contributed by atoms with E-state index in [2.05, 4.69) is 17.2 Å². The zero-order valence-electron chi connectivity index (χ0n) is 7.12. The van der Waals surface area contributed by atoms with Crippen molar-refractivity contribution in [1.29, 1.82) is 0 Å². The number of hydrogen-bond acceptors (Lipinski definition) is 3. The number of methoxy groups -OCH3 is 1. The van der Waals surface area contributed by atoms with Crippen molar-refractivity contribution in [3.05, 3.63) is 29.8 Å². The normalized spacial score (nSPS) is 9.38. The largest absolute Gasteiger partial charge is 0.497 e. The molecule has 0 aliphatic rings. The molecule has 0 aromatic heterocycles. The highest BCUT2D eigenvalue weighted by atomic mass is 32.1. The molecule has 0 unspecified atom stereocenters. The molecule has 0 saturated heterocycles. The molecule has 0 atom stereocenters. The lowest BCUT2D eigenvalue weighted by molar-refractivity contribution is -0.0217. The average molecular weight is 200 g/mol. The third-order valence-electron chi connectivity index (χ3n) is 1.59. The summed E-state index contributed by atoms with van der Waals surface area (Å²) in [4.78, 5) is 3.41. The molecule has 0 bridgehead atoms. The summed E-state index contributed by atoms with van der Waals surface area (Å²) in [7, 11) is 1.59. The molecule has 0 aliphatic heterocycles. The number of thiocarbonyl (C=S) groups is 1. The van der Waals surface area contributed by atoms with Gasteiger partial charge < -0.3 is 4.74 Å². The summed E-state index contributed by atoms with van der Waals surface area (Å²) in [5.41, 5.74) is 0.892. The van der Waals surface area contributed by atoms with Gasteiger partial charge in [-0.3, -0.25) is 4.94 Å². The first-order valence-electron chi connectivity index (χ1n) is 3.70. The van der Waals surface area contributed by atoms with E-state index in [-0.39, 0.29) is 5.05 Å². The van der Waals surface area contributed by atoms with Crippen LogP contribution >= 0.6 is 12.2 Å². The third-order valence-corrected chi connectivity index (χ3v) is 1.80. The quantitative estimate of drug-likeness (QED) is 0.698. The van der Waals surface area contributed by atoms with E-state index in [0.717, 1.165) is 11.3 Å². The van der Waals surface area contributed by atoms with Crippen LogP contribution in [0, 0.1) is 0 Å². The Balaban J connectivity index is 2.64. The van der Waals surface area contributed by atoms with Crippen LogP contribution in [-0.2, 0) is 11.4 Å². The lowest BCUT2D eigenvalue weighted by atomic mass is 10.1. The van der Waals surface area contributed by atoms with Gasteiger partial charge in [-0.1, -0.05) is 12.1 Å². The Labute approximate surface area is 81.2 Å². The van der Waals surface area contributed by atoms with Crippen molar-refractivity contribution in [3.8, 4) is 5.75 Å². The molecule has 1 aromatic carbocycles. The topological polar surface area (TPSA) is 18.5 Å². The van der Waals surface area contributed by atoms with E-state index in [1.165, 1.54) is 0 Å². The smallest absolute Gasteiger partial charge is 0.216 e. The van der Waals surface area contributed by atoms with Gasteiger partial charge in [0.05, 0.1) is 7.11 Å². The van der Waals surface area contributed by atoms with Crippen LogP contribution in [0.5, 0.6) is 5.75 Å². The molecule has 0 radical (unpaired) electrons. The molecule has 70 valence electrons. The van der Waals surface area contributed by atoms with Gasteiger partial charge in [-0.2, -0.15) is 0 Å². The maximum atomic E-state index is 11.6. The zero-order chi connectivity index (χ0) is 9.68. The fraction of sp³-hybridized carbons (Fsp3) is 0.222. The van der Waals surface area contributed by atoms with Crippen molar-refractivity contribution in [2.45, 2.75) is 6.42 Å². The summed E-state index contributed by atoms with van der Waals surface area (Å²) >= 11 is 4.57. The average Bonchev–Trinajstić information content (AvgIpc) is 2.19. The Kier molecular flexibility index (Phi) is 3.64. The van der Waals surface area contributed by atoms with Crippen molar-refractivity contribution in [3.63, 3.8) is 0 Å². The van der Waals surface area contributed by atoms with Gasteiger partial charge in [0.2, 0.25) is 5.05 Å². The van der Waals surface area contributed by atoms with Gasteiger partial charge in [0, 0.05) is 10.9 Å². The highest BCUT2D eigenvalue weighted by molar-refractivity contribution is 7.80. The number of hydrogen-bond donors (Lipinski definition) is 0. The highest BCUT2D eigenvalue weighted by Crippen LogP contribution is 2.12. The predicted octanol–water partition coefficient (Wildman–Crippen LogP) is 2.47. The Morgan fingerprint density at radius 3 is 2.46 bits per heavy atom. The van der Waals surface area contributed by atoms with Crippen molar-refractivity contribution in [2.75, 3.05) is 7.11 Å². The molecule has 0 fully saturated rings. The van der Waals surface area contributed by atoms with Crippen LogP contribution in [0.15, 0.2) is 24.3 Å². The summed E-state index contributed by atoms with van der Waals surface area (Å²) in [6, 6.07) is 7.20. The maximum Gasteiger partial charge on any atom is 0.216 e. The van der Waals surface area contributed by atoms with Gasteiger partial charge in [-0.15, -0.1) is 0 Å². The molecular formula is C9H9FO2S. The Morgan fingerprint density at radius 2 is 2.00 bits per heavy atom. The fourth-order valence-electron chi connectivity index (χ4n) is 0.937. The summed E-state index contributed by atoms with van der Waals surface area (Å²) in [6.07, 6.45) is 0.301. The van der Waals surface area contributed by atoms with E-state index >= 15 is 0 Å². The van der Waals surface area contributed by atoms with Crippen molar-refractivity contribution in [2.24, 2.45) is 0 Å². The lowest BCUT2D eigenvalue weighted by Crippen LogP contribution is -1.99. The summed E-state index contributed by atoms with van der Waals surface area (Å²) in [5, 5.41) is -0.0647. The molecule has 0 amide bonds. The molecule has 0 aliphatic carbocycles. The molecule has 0 heterocycles. The number of ether oxygens (including phenoxy) is 1. The summed E-state index contributed by atoms with van der Waals surface area (Å²) in [6.45, 7) is 0. The van der Waals surface area contributed by atoms with Crippen LogP contribution in [0.4, 0.5) is 4.53 Å². The summed E-state index contributed by atoms with van der Waals surface area (Å²) in [5.74, 6) is 0.760. The van der Waals surface area contributed by atoms with Crippen molar-refractivity contribution >= 4 is 17.3 Å². The number of benzene rings is 1. The van der Waals surface area contributed by atoms with Crippen LogP contribution in [0.3, 0.4) is 0 Å². The van der Waals surface area contributed by atoms with E-state index in [1.807, 2.05) is 12.1 Å². The summed E-state index contributed by atoms with van der Waals surface area (Å²) < 4.78 is 16.5. The minimum Gasteiger partial charge on any atom is -0.497 e. The lowest BCUT2D eigenvalue weighted by Gasteiger charge is -2.01. The van der Waals surface area contributed by atoms with Gasteiger partial charge in [0.25, 0.3) is 0 Å². The maximum absolute atomic E-state index is 11.6. The molecule has 0 spiro atoms. The molecule has 1 aromatic rings. The SMILES string of the molecule is COc1ccc(CC(=S)OF)cc1. The van der Waals surface area contributed by atoms with E-state index < -0.39 is 0 Å². The molecule has 2 nitrogen and oxygen atoms in total. The van der Waals surface area contributed by atoms with E-state index in [0.29, 0.717) is 6.42 Å². The van der Waals surface area contributed by atoms with Crippen molar-refractivity contribution in [1.82, 2.24) is 0 Å². The van der Waals surface area contributed by atoms with Crippen LogP contribution < -0.4 is 4.74 Å². The first-order chi connectivity index (χ1) is 6.26. The molecular weight excluding hydrogens is 191 g/mol. The second-order valence-corrected chi connectivity index (χ2v) is 2.93. The van der Waals surface area contributed by atoms with Crippen LogP contribution in [-0.4, -0.2) is 12.2 Å². The van der Waals surface area contributed by atoms with Gasteiger partial charge in [0.1, 0.15) is 5.75 Å². The standard InChI is InChI=1S/C9H9FO2S/c1-11-8-4-2-7(3-5-8)6-9(13)12-10/h2-5H,6H2,1H3. The van der Waals surface area contributed by atoms with E-state index in [4.69, 9.17) is 4.74 Å². The molecule has 13 heavy (non-hydrogen) atoms. The second kappa shape index (κ2) is 4.77. The van der Waals surface area contributed by atoms with E-state index in [1.54, 1.807) is 19.2 Å². The minimum atomic E-state index is -0.0647. The van der Waals surface area contributed by atoms with Gasteiger partial charge in [-0.05, 0) is 29.9 Å². The van der Waals surface area contributed by atoms with Crippen LogP contribution in [0.2, 0.25) is 0 Å². The third kappa shape index (κ3) is 2.99. The first kappa shape index (κ1) is 9.92. The minimum absolute atomic E-state index is 0.0647. The Bertz CT molecular complexity index is 284. The fourth-order valence-corrected chi connectivity index (χ4v) is 1.10. The predicted molar refractivity (Wildman–Crippen MR) is 51.5 cm³/mol. The molecule has 0 N–H and O–H groups in total. The number of halogens is 1. The van der Waals surface area contributed by atoms with Crippen LogP contribution in [0.25, 0.3) is 0 Å². The van der Waals surface area contributed by atoms with Gasteiger partial charge in [-0.25, -0.2) is 0 Å². The van der Waals surface area contributed by atoms with Gasteiger partial charge >= 0.3 is 0 Å². The molecule has 0 saturated carbocycles. The number of rotatable bonds is 3. The Morgan fingerprint density at radius 1 is 1.38 bits per heavy atom. The zero-order valence-corrected chi connectivity index (χ0v) is 7.94. The highest BCUT2D eigenvalue weighted by Gasteiger charge is 2.00.